The van der Waals surface area contributed by atoms with Crippen molar-refractivity contribution < 1.29 is 14.6 Å². The van der Waals surface area contributed by atoms with E-state index in [4.69, 9.17) is 4.74 Å². The van der Waals surface area contributed by atoms with Gasteiger partial charge in [-0.2, -0.15) is 0 Å². The van der Waals surface area contributed by atoms with Gasteiger partial charge in [0, 0.05) is 31.7 Å². The number of hydrogen-bond donors (Lipinski definition) is 2. The van der Waals surface area contributed by atoms with E-state index in [2.05, 4.69) is 10.2 Å². The Morgan fingerprint density at radius 2 is 2.20 bits per heavy atom. The Hall–Kier alpha value is -1.59. The fourth-order valence-electron chi connectivity index (χ4n) is 2.30. The highest BCUT2D eigenvalue weighted by Gasteiger charge is 2.20. The number of carbonyl (C=O) groups excluding carboxylic acids is 1. The number of nitrogens with zero attached hydrogens (tertiary/aromatic N) is 1. The van der Waals surface area contributed by atoms with Crippen molar-refractivity contribution in [2.75, 3.05) is 31.6 Å². The SMILES string of the molecule is CCOc1ccc(NC(=O)CCN2CC[C@H](O)C2)cc1. The maximum absolute atomic E-state index is 11.8. The first kappa shape index (κ1) is 14.8. The van der Waals surface area contributed by atoms with E-state index < -0.39 is 0 Å². The summed E-state index contributed by atoms with van der Waals surface area (Å²) in [6.07, 6.45) is 1.02. The number of aliphatic hydroxyl groups is 1. The predicted molar refractivity (Wildman–Crippen MR) is 77.9 cm³/mol. The van der Waals surface area contributed by atoms with Gasteiger partial charge in [-0.15, -0.1) is 0 Å². The number of ether oxygens (including phenoxy) is 1. The molecule has 20 heavy (non-hydrogen) atoms. The van der Waals surface area contributed by atoms with Crippen molar-refractivity contribution in [3.63, 3.8) is 0 Å². The summed E-state index contributed by atoms with van der Waals surface area (Å²) in [6, 6.07) is 7.36. The van der Waals surface area contributed by atoms with Crippen LogP contribution in [-0.2, 0) is 4.79 Å². The molecule has 1 aromatic rings. The molecule has 1 amide bonds. The van der Waals surface area contributed by atoms with Gasteiger partial charge in [0.25, 0.3) is 0 Å². The van der Waals surface area contributed by atoms with Gasteiger partial charge in [-0.3, -0.25) is 4.79 Å². The Balaban J connectivity index is 1.73. The van der Waals surface area contributed by atoms with E-state index in [1.165, 1.54) is 0 Å². The molecule has 0 bridgehead atoms. The van der Waals surface area contributed by atoms with Crippen molar-refractivity contribution in [2.24, 2.45) is 0 Å². The largest absolute Gasteiger partial charge is 0.494 e. The molecule has 0 aliphatic carbocycles. The minimum Gasteiger partial charge on any atom is -0.494 e. The van der Waals surface area contributed by atoms with Crippen LogP contribution in [0.2, 0.25) is 0 Å². The molecule has 0 spiro atoms. The number of likely N-dealkylation sites (tertiary alicyclic amines) is 1. The number of benzene rings is 1. The molecule has 1 fully saturated rings. The molecule has 0 aromatic heterocycles. The summed E-state index contributed by atoms with van der Waals surface area (Å²) in [5.41, 5.74) is 0.778. The maximum atomic E-state index is 11.8. The van der Waals surface area contributed by atoms with Gasteiger partial charge in [0.15, 0.2) is 0 Å². The van der Waals surface area contributed by atoms with Crippen LogP contribution in [0.15, 0.2) is 24.3 Å². The first-order valence-electron chi connectivity index (χ1n) is 7.10. The average Bonchev–Trinajstić information content (AvgIpc) is 2.85. The van der Waals surface area contributed by atoms with Crippen LogP contribution in [0.25, 0.3) is 0 Å². The van der Waals surface area contributed by atoms with Crippen LogP contribution >= 0.6 is 0 Å². The number of rotatable bonds is 6. The number of aliphatic hydroxyl groups excluding tert-OH is 1. The number of anilines is 1. The minimum absolute atomic E-state index is 0.00412. The van der Waals surface area contributed by atoms with Crippen LogP contribution in [0, 0.1) is 0 Å². The van der Waals surface area contributed by atoms with E-state index in [0.717, 1.165) is 24.4 Å². The topological polar surface area (TPSA) is 61.8 Å². The highest BCUT2D eigenvalue weighted by molar-refractivity contribution is 5.90. The lowest BCUT2D eigenvalue weighted by atomic mass is 10.3. The predicted octanol–water partition coefficient (Wildman–Crippen LogP) is 1.48. The molecule has 0 radical (unpaired) electrons. The second-order valence-electron chi connectivity index (χ2n) is 5.00. The van der Waals surface area contributed by atoms with E-state index in [9.17, 15) is 9.90 Å². The summed E-state index contributed by atoms with van der Waals surface area (Å²) in [5, 5.41) is 12.3. The lowest BCUT2D eigenvalue weighted by molar-refractivity contribution is -0.116. The molecule has 1 aliphatic heterocycles. The molecule has 1 aliphatic rings. The van der Waals surface area contributed by atoms with Gasteiger partial charge in [-0.05, 0) is 37.6 Å². The third-order valence-electron chi connectivity index (χ3n) is 3.35. The normalized spacial score (nSPS) is 19.0. The number of carbonyl (C=O) groups is 1. The zero-order valence-electron chi connectivity index (χ0n) is 11.8. The van der Waals surface area contributed by atoms with Crippen LogP contribution in [0.1, 0.15) is 19.8 Å². The molecule has 5 nitrogen and oxygen atoms in total. The lowest BCUT2D eigenvalue weighted by Gasteiger charge is -2.14. The van der Waals surface area contributed by atoms with Crippen molar-refractivity contribution in [2.45, 2.75) is 25.9 Å². The Bertz CT molecular complexity index is 433. The summed E-state index contributed by atoms with van der Waals surface area (Å²) < 4.78 is 5.35. The van der Waals surface area contributed by atoms with Gasteiger partial charge < -0.3 is 20.1 Å². The van der Waals surface area contributed by atoms with Crippen molar-refractivity contribution in [3.8, 4) is 5.75 Å². The van der Waals surface area contributed by atoms with Crippen molar-refractivity contribution >= 4 is 11.6 Å². The van der Waals surface area contributed by atoms with Crippen LogP contribution in [0.4, 0.5) is 5.69 Å². The van der Waals surface area contributed by atoms with Gasteiger partial charge in [0.05, 0.1) is 12.7 Å². The molecule has 1 aromatic carbocycles. The molecule has 110 valence electrons. The standard InChI is InChI=1S/C15H22N2O3/c1-2-20-14-5-3-12(4-6-14)16-15(19)8-10-17-9-7-13(18)11-17/h3-6,13,18H,2,7-11H2,1H3,(H,16,19)/t13-/m0/s1. The Labute approximate surface area is 119 Å². The lowest BCUT2D eigenvalue weighted by Crippen LogP contribution is -2.26. The van der Waals surface area contributed by atoms with Crippen molar-refractivity contribution in [1.29, 1.82) is 0 Å². The summed E-state index contributed by atoms with van der Waals surface area (Å²) in [6.45, 7) is 4.81. The zero-order chi connectivity index (χ0) is 14.4. The minimum atomic E-state index is -0.232. The Kier molecular flexibility index (Phi) is 5.38. The van der Waals surface area contributed by atoms with Crippen molar-refractivity contribution in [3.05, 3.63) is 24.3 Å². The fourth-order valence-corrected chi connectivity index (χ4v) is 2.30. The maximum Gasteiger partial charge on any atom is 0.225 e. The van der Waals surface area contributed by atoms with E-state index >= 15 is 0 Å². The molecule has 0 saturated carbocycles. The van der Waals surface area contributed by atoms with Crippen LogP contribution in [0.3, 0.4) is 0 Å². The van der Waals surface area contributed by atoms with Gasteiger partial charge in [0.1, 0.15) is 5.75 Å². The Morgan fingerprint density at radius 3 is 2.80 bits per heavy atom. The van der Waals surface area contributed by atoms with E-state index in [1.807, 2.05) is 31.2 Å². The number of hydrogen-bond acceptors (Lipinski definition) is 4. The highest BCUT2D eigenvalue weighted by atomic mass is 16.5. The second-order valence-corrected chi connectivity index (χ2v) is 5.00. The average molecular weight is 278 g/mol. The van der Waals surface area contributed by atoms with E-state index in [-0.39, 0.29) is 12.0 Å². The van der Waals surface area contributed by atoms with Gasteiger partial charge >= 0.3 is 0 Å². The summed E-state index contributed by atoms with van der Waals surface area (Å²) in [7, 11) is 0. The molecule has 1 saturated heterocycles. The second kappa shape index (κ2) is 7.26. The van der Waals surface area contributed by atoms with Crippen LogP contribution < -0.4 is 10.1 Å². The summed E-state index contributed by atoms with van der Waals surface area (Å²) >= 11 is 0. The monoisotopic (exact) mass is 278 g/mol. The smallest absolute Gasteiger partial charge is 0.225 e. The number of amides is 1. The molecule has 1 heterocycles. The third kappa shape index (κ3) is 4.51. The molecule has 1 atom stereocenters. The zero-order valence-corrected chi connectivity index (χ0v) is 11.8. The van der Waals surface area contributed by atoms with Gasteiger partial charge in [-0.1, -0.05) is 0 Å². The van der Waals surface area contributed by atoms with E-state index in [0.29, 0.717) is 26.1 Å². The molecule has 2 rings (SSSR count). The van der Waals surface area contributed by atoms with Crippen LogP contribution in [0.5, 0.6) is 5.75 Å². The summed E-state index contributed by atoms with van der Waals surface area (Å²) in [5.74, 6) is 0.798. The molecule has 0 unspecified atom stereocenters. The fraction of sp³-hybridized carbons (Fsp3) is 0.533. The highest BCUT2D eigenvalue weighted by Crippen LogP contribution is 2.16. The summed E-state index contributed by atoms with van der Waals surface area (Å²) in [4.78, 5) is 13.9. The van der Waals surface area contributed by atoms with E-state index in [1.54, 1.807) is 0 Å². The Morgan fingerprint density at radius 1 is 1.45 bits per heavy atom. The van der Waals surface area contributed by atoms with Crippen LogP contribution in [-0.4, -0.2) is 48.3 Å². The first-order valence-corrected chi connectivity index (χ1v) is 7.10. The van der Waals surface area contributed by atoms with Gasteiger partial charge in [-0.25, -0.2) is 0 Å². The first-order chi connectivity index (χ1) is 9.67. The number of β-amino-alcohol motifs (C(OH)–C–C–N with tert-alkyl or cyclic N) is 1. The van der Waals surface area contributed by atoms with Crippen molar-refractivity contribution in [1.82, 2.24) is 4.90 Å². The van der Waals surface area contributed by atoms with Gasteiger partial charge in [0.2, 0.25) is 5.91 Å². The molecular weight excluding hydrogens is 256 g/mol. The molecule has 2 N–H and O–H groups in total. The third-order valence-corrected chi connectivity index (χ3v) is 3.35. The quantitative estimate of drug-likeness (QED) is 0.827. The number of nitrogens with one attached hydrogen (secondary N) is 1. The molecular formula is C15H22N2O3. The molecule has 5 heteroatoms.